The molecule has 1 aliphatic carbocycles. The van der Waals surface area contributed by atoms with Gasteiger partial charge in [-0.2, -0.15) is 0 Å². The van der Waals surface area contributed by atoms with Crippen molar-refractivity contribution in [3.05, 3.63) is 46.0 Å². The number of carbonyl (C=O) groups is 4. The minimum atomic E-state index is -0.932. The highest BCUT2D eigenvalue weighted by Gasteiger charge is 2.44. The second-order valence-electron chi connectivity index (χ2n) is 6.42. The lowest BCUT2D eigenvalue weighted by Gasteiger charge is -2.17. The maximum Gasteiger partial charge on any atom is 0.334 e. The van der Waals surface area contributed by atoms with Gasteiger partial charge in [-0.15, -0.1) is 0 Å². The zero-order valence-corrected chi connectivity index (χ0v) is 15.8. The minimum Gasteiger partial charge on any atom is -0.292 e. The monoisotopic (exact) mass is 418 g/mol. The van der Waals surface area contributed by atoms with Crippen LogP contribution in [0.5, 0.6) is 0 Å². The number of urea groups is 1. The van der Waals surface area contributed by atoms with Crippen molar-refractivity contribution >= 4 is 39.6 Å². The van der Waals surface area contributed by atoms with Crippen LogP contribution in [0.1, 0.15) is 42.5 Å². The summed E-state index contributed by atoms with van der Waals surface area (Å²) in [5.74, 6) is -2.17. The smallest absolute Gasteiger partial charge is 0.292 e. The summed E-state index contributed by atoms with van der Waals surface area (Å²) in [6.45, 7) is -0.248. The summed E-state index contributed by atoms with van der Waals surface area (Å²) in [5, 5.41) is 0. The van der Waals surface area contributed by atoms with Crippen molar-refractivity contribution in [3.8, 4) is 0 Å². The molecule has 3 rings (SSSR count). The molecular weight excluding hydrogens is 400 g/mol. The second-order valence-corrected chi connectivity index (χ2v) is 7.33. The Morgan fingerprint density at radius 2 is 1.69 bits per heavy atom. The molecule has 6 nitrogen and oxygen atoms in total. The Labute approximate surface area is 160 Å². The number of halogens is 1. The lowest BCUT2D eigenvalue weighted by Crippen LogP contribution is -2.37. The van der Waals surface area contributed by atoms with Gasteiger partial charge in [-0.1, -0.05) is 39.7 Å². The summed E-state index contributed by atoms with van der Waals surface area (Å²) in [6, 6.07) is 5.91. The molecule has 7 heteroatoms. The van der Waals surface area contributed by atoms with Gasteiger partial charge in [-0.25, -0.2) is 9.69 Å². The first-order valence-corrected chi connectivity index (χ1v) is 9.40. The molecule has 0 bridgehead atoms. The van der Waals surface area contributed by atoms with Crippen LogP contribution in [-0.2, 0) is 9.59 Å². The van der Waals surface area contributed by atoms with Crippen LogP contribution < -0.4 is 0 Å². The highest BCUT2D eigenvalue weighted by molar-refractivity contribution is 9.10. The lowest BCUT2D eigenvalue weighted by molar-refractivity contribution is -0.143. The number of allylic oxidation sites excluding steroid dienone is 1. The van der Waals surface area contributed by atoms with E-state index in [0.717, 1.165) is 40.0 Å². The van der Waals surface area contributed by atoms with Gasteiger partial charge in [0.25, 0.3) is 0 Å². The van der Waals surface area contributed by atoms with Crippen LogP contribution in [0.15, 0.2) is 40.4 Å². The fourth-order valence-corrected chi connectivity index (χ4v) is 3.41. The Morgan fingerprint density at radius 3 is 2.35 bits per heavy atom. The van der Waals surface area contributed by atoms with Crippen molar-refractivity contribution in [1.29, 1.82) is 0 Å². The van der Waals surface area contributed by atoms with E-state index in [4.69, 9.17) is 0 Å². The number of hydrogen-bond donors (Lipinski definition) is 0. The van der Waals surface area contributed by atoms with E-state index >= 15 is 0 Å². The van der Waals surface area contributed by atoms with Crippen LogP contribution in [0.2, 0.25) is 0 Å². The van der Waals surface area contributed by atoms with E-state index in [0.29, 0.717) is 12.0 Å². The van der Waals surface area contributed by atoms with Crippen LogP contribution in [-0.4, -0.2) is 46.5 Å². The van der Waals surface area contributed by atoms with Gasteiger partial charge in [-0.05, 0) is 44.2 Å². The number of rotatable bonds is 6. The van der Waals surface area contributed by atoms with Crippen molar-refractivity contribution in [2.24, 2.45) is 0 Å². The predicted octanol–water partition coefficient (Wildman–Crippen LogP) is 3.31. The molecular formula is C19H19BrN2O4. The number of carbonyl (C=O) groups excluding carboxylic acids is 4. The average Bonchev–Trinajstić information content (AvgIpc) is 2.85. The van der Waals surface area contributed by atoms with Crippen LogP contribution in [0.3, 0.4) is 0 Å². The van der Waals surface area contributed by atoms with Crippen LogP contribution in [0.25, 0.3) is 0 Å². The number of Topliss-reactive ketones (excluding diaryl/α,β-unsaturated/α-hetero) is 1. The summed E-state index contributed by atoms with van der Waals surface area (Å²) in [6.07, 6.45) is 6.99. The highest BCUT2D eigenvalue weighted by Crippen LogP contribution is 2.22. The molecule has 0 aromatic heterocycles. The second kappa shape index (κ2) is 7.95. The highest BCUT2D eigenvalue weighted by atomic mass is 79.9. The van der Waals surface area contributed by atoms with Gasteiger partial charge in [0.2, 0.25) is 0 Å². The fourth-order valence-electron chi connectivity index (χ4n) is 3.14. The molecule has 26 heavy (non-hydrogen) atoms. The molecule has 136 valence electrons. The first kappa shape index (κ1) is 18.5. The van der Waals surface area contributed by atoms with Gasteiger partial charge >= 0.3 is 17.8 Å². The van der Waals surface area contributed by atoms with E-state index in [2.05, 4.69) is 22.0 Å². The molecule has 1 aliphatic heterocycles. The molecule has 0 radical (unpaired) electrons. The Hall–Kier alpha value is -2.28. The third-order valence-corrected chi connectivity index (χ3v) is 5.17. The Balaban J connectivity index is 1.65. The molecule has 0 spiro atoms. The van der Waals surface area contributed by atoms with E-state index in [1.165, 1.54) is 5.57 Å². The number of nitrogens with zero attached hydrogens (tertiary/aromatic N) is 2. The summed E-state index contributed by atoms with van der Waals surface area (Å²) in [5.41, 5.74) is 1.60. The quantitative estimate of drug-likeness (QED) is 0.307. The molecule has 1 aromatic rings. The molecule has 0 atom stereocenters. The lowest BCUT2D eigenvalue weighted by atomic mass is 9.97. The van der Waals surface area contributed by atoms with E-state index in [-0.39, 0.29) is 12.3 Å². The van der Waals surface area contributed by atoms with Gasteiger partial charge in [0.15, 0.2) is 5.78 Å². The molecule has 2 aliphatic rings. The van der Waals surface area contributed by atoms with E-state index in [9.17, 15) is 19.2 Å². The molecule has 0 saturated carbocycles. The van der Waals surface area contributed by atoms with E-state index in [1.54, 1.807) is 24.3 Å². The number of hydrogen-bond acceptors (Lipinski definition) is 4. The standard InChI is InChI=1S/C19H19BrN2O4/c20-15-8-6-14(7-9-15)16(23)12-22-18(25)17(24)21(19(22)26)11-10-13-4-2-1-3-5-13/h4,6-9H,1-3,5,10-12H2. The average molecular weight is 419 g/mol. The molecule has 4 amide bonds. The van der Waals surface area contributed by atoms with Gasteiger partial charge in [0.1, 0.15) is 0 Å². The van der Waals surface area contributed by atoms with Gasteiger partial charge < -0.3 is 0 Å². The maximum absolute atomic E-state index is 12.5. The Bertz CT molecular complexity index is 785. The van der Waals surface area contributed by atoms with Crippen LogP contribution >= 0.6 is 15.9 Å². The first-order chi connectivity index (χ1) is 12.5. The van der Waals surface area contributed by atoms with Crippen molar-refractivity contribution in [1.82, 2.24) is 9.80 Å². The third kappa shape index (κ3) is 3.93. The van der Waals surface area contributed by atoms with Gasteiger partial charge in [0, 0.05) is 16.6 Å². The van der Waals surface area contributed by atoms with Gasteiger partial charge in [-0.3, -0.25) is 19.3 Å². The maximum atomic E-state index is 12.5. The molecule has 1 aromatic carbocycles. The van der Waals surface area contributed by atoms with Gasteiger partial charge in [0.05, 0.1) is 6.54 Å². The van der Waals surface area contributed by atoms with Crippen molar-refractivity contribution in [2.75, 3.05) is 13.1 Å². The number of ketones is 1. The molecule has 1 fully saturated rings. The predicted molar refractivity (Wildman–Crippen MR) is 98.5 cm³/mol. The number of benzene rings is 1. The summed E-state index contributed by atoms with van der Waals surface area (Å²) >= 11 is 3.28. The fraction of sp³-hybridized carbons (Fsp3) is 0.368. The Morgan fingerprint density at radius 1 is 1.00 bits per heavy atom. The van der Waals surface area contributed by atoms with Crippen molar-refractivity contribution in [2.45, 2.75) is 32.1 Å². The first-order valence-electron chi connectivity index (χ1n) is 8.61. The summed E-state index contributed by atoms with van der Waals surface area (Å²) in [4.78, 5) is 50.7. The van der Waals surface area contributed by atoms with Crippen LogP contribution in [0, 0.1) is 0 Å². The molecule has 0 N–H and O–H groups in total. The zero-order valence-electron chi connectivity index (χ0n) is 14.2. The topological polar surface area (TPSA) is 74.8 Å². The molecule has 0 unspecified atom stereocenters. The minimum absolute atomic E-state index is 0.179. The van der Waals surface area contributed by atoms with E-state index in [1.807, 2.05) is 0 Å². The SMILES string of the molecule is O=C(CN1C(=O)C(=O)N(CCC2=CCCCC2)C1=O)c1ccc(Br)cc1. The van der Waals surface area contributed by atoms with Crippen LogP contribution in [0.4, 0.5) is 4.79 Å². The largest absolute Gasteiger partial charge is 0.334 e. The Kier molecular flexibility index (Phi) is 5.66. The van der Waals surface area contributed by atoms with E-state index < -0.39 is 24.4 Å². The zero-order chi connectivity index (χ0) is 18.7. The molecule has 1 heterocycles. The third-order valence-electron chi connectivity index (χ3n) is 4.64. The van der Waals surface area contributed by atoms with Crippen molar-refractivity contribution < 1.29 is 19.2 Å². The van der Waals surface area contributed by atoms with Crippen molar-refractivity contribution in [3.63, 3.8) is 0 Å². The summed E-state index contributed by atoms with van der Waals surface area (Å²) in [7, 11) is 0. The number of amides is 4. The molecule has 1 saturated heterocycles. The summed E-state index contributed by atoms with van der Waals surface area (Å²) < 4.78 is 0.820. The normalized spacial score (nSPS) is 17.7. The number of imide groups is 2.